The van der Waals surface area contributed by atoms with Crippen molar-refractivity contribution in [3.8, 4) is 0 Å². The third-order valence-electron chi connectivity index (χ3n) is 4.12. The van der Waals surface area contributed by atoms with E-state index in [-0.39, 0.29) is 22.9 Å². The minimum absolute atomic E-state index is 0.0220. The molecule has 1 saturated heterocycles. The smallest absolute Gasteiger partial charge is 0.223 e. The zero-order valence-electron chi connectivity index (χ0n) is 13.2. The lowest BCUT2D eigenvalue weighted by Crippen LogP contribution is -2.41. The Balaban J connectivity index is 1.99. The summed E-state index contributed by atoms with van der Waals surface area (Å²) in [7, 11) is 0. The largest absolute Gasteiger partial charge is 0.376 e. The molecule has 0 saturated carbocycles. The van der Waals surface area contributed by atoms with Crippen molar-refractivity contribution in [1.29, 1.82) is 0 Å². The van der Waals surface area contributed by atoms with Crippen LogP contribution in [0.25, 0.3) is 0 Å². The van der Waals surface area contributed by atoms with Crippen molar-refractivity contribution in [3.05, 3.63) is 33.2 Å². The Hall–Kier alpha value is -1.62. The van der Waals surface area contributed by atoms with Crippen LogP contribution in [0.15, 0.2) is 11.0 Å². The number of ether oxygens (including phenoxy) is 1. The number of rotatable bonds is 3. The van der Waals surface area contributed by atoms with Gasteiger partial charge in [0.2, 0.25) is 5.91 Å². The van der Waals surface area contributed by atoms with Gasteiger partial charge in [-0.3, -0.25) is 9.59 Å². The third-order valence-corrected chi connectivity index (χ3v) is 4.12. The van der Waals surface area contributed by atoms with Gasteiger partial charge in [0.15, 0.2) is 5.43 Å². The maximum absolute atomic E-state index is 12.3. The van der Waals surface area contributed by atoms with Crippen molar-refractivity contribution in [2.75, 3.05) is 6.61 Å². The number of aryl methyl sites for hydroxylation is 1. The molecule has 2 heterocycles. The van der Waals surface area contributed by atoms with E-state index in [1.165, 1.54) is 0 Å². The second-order valence-corrected chi connectivity index (χ2v) is 6.42. The summed E-state index contributed by atoms with van der Waals surface area (Å²) in [6.07, 6.45) is 3.16. The number of H-pyrrole nitrogens is 1. The molecule has 5 nitrogen and oxygen atoms in total. The van der Waals surface area contributed by atoms with Gasteiger partial charge in [0, 0.05) is 35.5 Å². The van der Waals surface area contributed by atoms with Crippen molar-refractivity contribution < 1.29 is 9.53 Å². The van der Waals surface area contributed by atoms with Crippen LogP contribution < -0.4 is 10.7 Å². The summed E-state index contributed by atoms with van der Waals surface area (Å²) in [6, 6.07) is 0. The van der Waals surface area contributed by atoms with E-state index in [1.54, 1.807) is 20.0 Å². The summed E-state index contributed by atoms with van der Waals surface area (Å²) < 4.78 is 5.63. The average Bonchev–Trinajstić information content (AvgIpc) is 2.42. The highest BCUT2D eigenvalue weighted by atomic mass is 16.5. The zero-order valence-corrected chi connectivity index (χ0v) is 13.2. The molecule has 1 atom stereocenters. The number of nitrogens with one attached hydrogen (secondary N) is 2. The van der Waals surface area contributed by atoms with Gasteiger partial charge in [-0.2, -0.15) is 0 Å². The number of amides is 1. The van der Waals surface area contributed by atoms with Crippen molar-refractivity contribution in [1.82, 2.24) is 10.3 Å². The summed E-state index contributed by atoms with van der Waals surface area (Å²) in [6.45, 7) is 8.55. The van der Waals surface area contributed by atoms with Crippen LogP contribution in [0.5, 0.6) is 0 Å². The summed E-state index contributed by atoms with van der Waals surface area (Å²) in [4.78, 5) is 27.2. The van der Waals surface area contributed by atoms with Gasteiger partial charge >= 0.3 is 0 Å². The van der Waals surface area contributed by atoms with Crippen molar-refractivity contribution in [3.63, 3.8) is 0 Å². The van der Waals surface area contributed by atoms with Crippen molar-refractivity contribution in [2.45, 2.75) is 52.7 Å². The molecule has 1 aromatic heterocycles. The Labute approximate surface area is 125 Å². The number of aromatic nitrogens is 1. The van der Waals surface area contributed by atoms with Crippen LogP contribution >= 0.6 is 0 Å². The molecule has 1 aliphatic heterocycles. The van der Waals surface area contributed by atoms with E-state index in [0.717, 1.165) is 18.5 Å². The van der Waals surface area contributed by atoms with Gasteiger partial charge in [-0.1, -0.05) is 0 Å². The molecule has 0 aromatic carbocycles. The Morgan fingerprint density at radius 3 is 2.86 bits per heavy atom. The highest BCUT2D eigenvalue weighted by Gasteiger charge is 2.32. The molecule has 2 N–H and O–H groups in total. The fourth-order valence-electron chi connectivity index (χ4n) is 2.76. The van der Waals surface area contributed by atoms with E-state index in [9.17, 15) is 9.59 Å². The lowest BCUT2D eigenvalue weighted by atomic mass is 9.88. The maximum atomic E-state index is 12.3. The monoisotopic (exact) mass is 292 g/mol. The van der Waals surface area contributed by atoms with Crippen LogP contribution in [0.4, 0.5) is 0 Å². The van der Waals surface area contributed by atoms with Crippen molar-refractivity contribution in [2.24, 2.45) is 5.92 Å². The average molecular weight is 292 g/mol. The second kappa shape index (κ2) is 6.02. The lowest BCUT2D eigenvalue weighted by Gasteiger charge is -2.34. The summed E-state index contributed by atoms with van der Waals surface area (Å²) >= 11 is 0. The van der Waals surface area contributed by atoms with Gasteiger partial charge < -0.3 is 15.0 Å². The Kier molecular flexibility index (Phi) is 4.52. The van der Waals surface area contributed by atoms with Gasteiger partial charge in [0.05, 0.1) is 12.1 Å². The summed E-state index contributed by atoms with van der Waals surface area (Å²) in [5.74, 6) is 0.0124. The SMILES string of the molecule is Cc1c[nH]c(CNC(=O)[C@H]2CCOC(C)(C)C2)c(C)c1=O. The van der Waals surface area contributed by atoms with Gasteiger partial charge in [0.25, 0.3) is 0 Å². The number of carbonyl (C=O) groups is 1. The van der Waals surface area contributed by atoms with Gasteiger partial charge in [-0.05, 0) is 40.5 Å². The first-order valence-electron chi connectivity index (χ1n) is 7.39. The van der Waals surface area contributed by atoms with Crippen molar-refractivity contribution >= 4 is 5.91 Å². The fraction of sp³-hybridized carbons (Fsp3) is 0.625. The minimum Gasteiger partial charge on any atom is -0.376 e. The number of carbonyl (C=O) groups excluding carboxylic acids is 1. The predicted octanol–water partition coefficient (Wildman–Crippen LogP) is 1.81. The Bertz CT molecular complexity index is 590. The standard InChI is InChI=1S/C16H24N2O3/c1-10-8-17-13(11(2)14(10)19)9-18-15(20)12-5-6-21-16(3,4)7-12/h8,12H,5-7,9H2,1-4H3,(H,17,19)(H,18,20)/t12-/m0/s1. The molecule has 0 spiro atoms. The third kappa shape index (κ3) is 3.73. The quantitative estimate of drug-likeness (QED) is 0.892. The van der Waals surface area contributed by atoms with Crippen LogP contribution in [0, 0.1) is 19.8 Å². The second-order valence-electron chi connectivity index (χ2n) is 6.42. The molecular formula is C16H24N2O3. The van der Waals surface area contributed by atoms with E-state index in [4.69, 9.17) is 4.74 Å². The zero-order chi connectivity index (χ0) is 15.6. The van der Waals surface area contributed by atoms with Gasteiger partial charge in [0.1, 0.15) is 0 Å². The topological polar surface area (TPSA) is 71.2 Å². The molecule has 0 radical (unpaired) electrons. The van der Waals surface area contributed by atoms with E-state index in [1.807, 2.05) is 13.8 Å². The van der Waals surface area contributed by atoms with Gasteiger partial charge in [-0.15, -0.1) is 0 Å². The molecule has 1 aromatic rings. The molecule has 21 heavy (non-hydrogen) atoms. The first-order valence-corrected chi connectivity index (χ1v) is 7.39. The predicted molar refractivity (Wildman–Crippen MR) is 81.1 cm³/mol. The minimum atomic E-state index is -0.242. The first kappa shape index (κ1) is 15.8. The number of aromatic amines is 1. The number of pyridine rings is 1. The van der Waals surface area contributed by atoms with Gasteiger partial charge in [-0.25, -0.2) is 0 Å². The van der Waals surface area contributed by atoms with E-state index < -0.39 is 0 Å². The van der Waals surface area contributed by atoms with E-state index in [2.05, 4.69) is 10.3 Å². The maximum Gasteiger partial charge on any atom is 0.223 e. The normalized spacial score (nSPS) is 21.0. The highest BCUT2D eigenvalue weighted by Crippen LogP contribution is 2.28. The fourth-order valence-corrected chi connectivity index (χ4v) is 2.76. The van der Waals surface area contributed by atoms with Crippen LogP contribution in [-0.4, -0.2) is 23.1 Å². The Morgan fingerprint density at radius 1 is 1.48 bits per heavy atom. The molecule has 0 unspecified atom stereocenters. The molecule has 5 heteroatoms. The van der Waals surface area contributed by atoms with Crippen LogP contribution in [0.2, 0.25) is 0 Å². The molecular weight excluding hydrogens is 268 g/mol. The van der Waals surface area contributed by atoms with Crippen LogP contribution in [0.1, 0.15) is 43.5 Å². The molecule has 1 fully saturated rings. The molecule has 0 bridgehead atoms. The first-order chi connectivity index (χ1) is 9.80. The van der Waals surface area contributed by atoms with E-state index >= 15 is 0 Å². The highest BCUT2D eigenvalue weighted by molar-refractivity contribution is 5.78. The molecule has 1 amide bonds. The lowest BCUT2D eigenvalue weighted by molar-refractivity contribution is -0.135. The molecule has 116 valence electrons. The summed E-state index contributed by atoms with van der Waals surface area (Å²) in [5.41, 5.74) is 1.92. The number of hydrogen-bond acceptors (Lipinski definition) is 3. The summed E-state index contributed by atoms with van der Waals surface area (Å²) in [5, 5.41) is 2.93. The Morgan fingerprint density at radius 2 is 2.19 bits per heavy atom. The molecule has 1 aliphatic rings. The number of hydrogen-bond donors (Lipinski definition) is 2. The molecule has 0 aliphatic carbocycles. The van der Waals surface area contributed by atoms with Crippen LogP contribution in [0.3, 0.4) is 0 Å². The van der Waals surface area contributed by atoms with Crippen LogP contribution in [-0.2, 0) is 16.1 Å². The molecule has 2 rings (SSSR count). The van der Waals surface area contributed by atoms with E-state index in [0.29, 0.717) is 24.3 Å².